The molecule has 0 saturated carbocycles. The molecule has 1 aromatic heterocycles. The minimum Gasteiger partial charge on any atom is -0.495 e. The summed E-state index contributed by atoms with van der Waals surface area (Å²) < 4.78 is 34.7. The lowest BCUT2D eigenvalue weighted by molar-refractivity contribution is -0.118. The van der Waals surface area contributed by atoms with Gasteiger partial charge < -0.3 is 14.6 Å². The number of benzene rings is 2. The zero-order valence-corrected chi connectivity index (χ0v) is 18.7. The molecule has 5 nitrogen and oxygen atoms in total. The second kappa shape index (κ2) is 10.2. The van der Waals surface area contributed by atoms with Crippen molar-refractivity contribution in [1.29, 1.82) is 0 Å². The van der Waals surface area contributed by atoms with E-state index in [1.165, 1.54) is 12.1 Å². The Hall–Kier alpha value is -3.48. The number of amides is 1. The molecule has 32 heavy (non-hydrogen) atoms. The van der Waals surface area contributed by atoms with Crippen LogP contribution in [0.2, 0.25) is 0 Å². The van der Waals surface area contributed by atoms with Crippen molar-refractivity contribution < 1.29 is 18.3 Å². The molecular formula is C25H27F2N3O2. The van der Waals surface area contributed by atoms with Gasteiger partial charge in [0.05, 0.1) is 30.9 Å². The van der Waals surface area contributed by atoms with E-state index < -0.39 is 17.7 Å². The van der Waals surface area contributed by atoms with Gasteiger partial charge in [0.15, 0.2) is 0 Å². The van der Waals surface area contributed by atoms with Crippen molar-refractivity contribution in [1.82, 2.24) is 14.9 Å². The molecule has 1 N–H and O–H groups in total. The fourth-order valence-electron chi connectivity index (χ4n) is 3.49. The van der Waals surface area contributed by atoms with E-state index in [1.807, 2.05) is 42.8 Å². The van der Waals surface area contributed by atoms with Crippen molar-refractivity contribution in [2.75, 3.05) is 7.11 Å². The Labute approximate surface area is 186 Å². The number of halogens is 2. The average molecular weight is 440 g/mol. The SMILES string of the molecule is CCCC(=Cc1ccc(-n2cnc(C)c2)c(OC)c1)C(=O)NC(C)c1ccc(F)cc1F. The third-order valence-electron chi connectivity index (χ3n) is 5.12. The molecule has 1 atom stereocenters. The van der Waals surface area contributed by atoms with Gasteiger partial charge in [0, 0.05) is 23.4 Å². The van der Waals surface area contributed by atoms with Gasteiger partial charge in [0.25, 0.3) is 0 Å². The highest BCUT2D eigenvalue weighted by atomic mass is 19.1. The first-order valence-electron chi connectivity index (χ1n) is 10.5. The normalized spacial score (nSPS) is 12.5. The summed E-state index contributed by atoms with van der Waals surface area (Å²) >= 11 is 0. The monoisotopic (exact) mass is 439 g/mol. The maximum atomic E-state index is 14.1. The van der Waals surface area contributed by atoms with Crippen LogP contribution in [0.15, 0.2) is 54.5 Å². The van der Waals surface area contributed by atoms with E-state index in [0.29, 0.717) is 17.7 Å². The maximum Gasteiger partial charge on any atom is 0.247 e. The van der Waals surface area contributed by atoms with E-state index in [0.717, 1.165) is 29.4 Å². The second-order valence-corrected chi connectivity index (χ2v) is 7.63. The Morgan fingerprint density at radius 3 is 2.66 bits per heavy atom. The predicted molar refractivity (Wildman–Crippen MR) is 121 cm³/mol. The summed E-state index contributed by atoms with van der Waals surface area (Å²) in [5.74, 6) is -0.987. The summed E-state index contributed by atoms with van der Waals surface area (Å²) in [5.41, 5.74) is 3.34. The number of aryl methyl sites for hydroxylation is 1. The van der Waals surface area contributed by atoms with Crippen molar-refractivity contribution >= 4 is 12.0 Å². The van der Waals surface area contributed by atoms with Gasteiger partial charge in [-0.15, -0.1) is 0 Å². The van der Waals surface area contributed by atoms with Crippen LogP contribution in [0.3, 0.4) is 0 Å². The first-order valence-corrected chi connectivity index (χ1v) is 10.5. The number of nitrogens with zero attached hydrogens (tertiary/aromatic N) is 2. The average Bonchev–Trinajstić information content (AvgIpc) is 3.19. The number of methoxy groups -OCH3 is 1. The van der Waals surface area contributed by atoms with Gasteiger partial charge in [0.1, 0.15) is 17.4 Å². The van der Waals surface area contributed by atoms with E-state index >= 15 is 0 Å². The third-order valence-corrected chi connectivity index (χ3v) is 5.12. The highest BCUT2D eigenvalue weighted by molar-refractivity contribution is 5.98. The zero-order chi connectivity index (χ0) is 23.3. The van der Waals surface area contributed by atoms with Crippen LogP contribution in [0.25, 0.3) is 11.8 Å². The lowest BCUT2D eigenvalue weighted by atomic mass is 10.0. The van der Waals surface area contributed by atoms with Gasteiger partial charge in [-0.25, -0.2) is 13.8 Å². The fraction of sp³-hybridized carbons (Fsp3) is 0.280. The number of carbonyl (C=O) groups is 1. The van der Waals surface area contributed by atoms with Crippen molar-refractivity contribution in [3.8, 4) is 11.4 Å². The fourth-order valence-corrected chi connectivity index (χ4v) is 3.49. The summed E-state index contributed by atoms with van der Waals surface area (Å²) in [7, 11) is 1.59. The molecule has 1 amide bonds. The van der Waals surface area contributed by atoms with E-state index in [4.69, 9.17) is 4.74 Å². The Morgan fingerprint density at radius 2 is 2.03 bits per heavy atom. The smallest absolute Gasteiger partial charge is 0.247 e. The van der Waals surface area contributed by atoms with Crippen molar-refractivity contribution in [3.63, 3.8) is 0 Å². The number of carbonyl (C=O) groups excluding carboxylic acids is 1. The third kappa shape index (κ3) is 5.41. The van der Waals surface area contributed by atoms with Crippen molar-refractivity contribution in [3.05, 3.63) is 83.0 Å². The summed E-state index contributed by atoms with van der Waals surface area (Å²) in [5, 5.41) is 2.82. The van der Waals surface area contributed by atoms with Gasteiger partial charge >= 0.3 is 0 Å². The number of rotatable bonds is 8. The summed E-state index contributed by atoms with van der Waals surface area (Å²) in [6.07, 6.45) is 6.74. The molecular weight excluding hydrogens is 412 g/mol. The highest BCUT2D eigenvalue weighted by Crippen LogP contribution is 2.26. The Kier molecular flexibility index (Phi) is 7.41. The number of imidazole rings is 1. The Bertz CT molecular complexity index is 1140. The lowest BCUT2D eigenvalue weighted by Gasteiger charge is -2.17. The van der Waals surface area contributed by atoms with Crippen LogP contribution in [0.1, 0.15) is 49.6 Å². The number of hydrogen-bond donors (Lipinski definition) is 1. The minimum absolute atomic E-state index is 0.234. The molecule has 1 unspecified atom stereocenters. The van der Waals surface area contributed by atoms with E-state index in [9.17, 15) is 13.6 Å². The largest absolute Gasteiger partial charge is 0.495 e. The Morgan fingerprint density at radius 1 is 1.25 bits per heavy atom. The molecule has 0 aliphatic rings. The number of nitrogens with one attached hydrogen (secondary N) is 1. The van der Waals surface area contributed by atoms with Crippen LogP contribution in [0, 0.1) is 18.6 Å². The molecule has 2 aromatic carbocycles. The van der Waals surface area contributed by atoms with Gasteiger partial charge in [-0.2, -0.15) is 0 Å². The number of aromatic nitrogens is 2. The molecule has 0 spiro atoms. The zero-order valence-electron chi connectivity index (χ0n) is 18.7. The first kappa shape index (κ1) is 23.2. The molecule has 7 heteroatoms. The van der Waals surface area contributed by atoms with Crippen LogP contribution in [-0.4, -0.2) is 22.6 Å². The number of ether oxygens (including phenoxy) is 1. The molecule has 0 saturated heterocycles. The molecule has 0 fully saturated rings. The molecule has 3 aromatic rings. The van der Waals surface area contributed by atoms with Crippen LogP contribution in [0.4, 0.5) is 8.78 Å². The maximum absolute atomic E-state index is 14.1. The van der Waals surface area contributed by atoms with Crippen molar-refractivity contribution in [2.45, 2.75) is 39.7 Å². The van der Waals surface area contributed by atoms with Crippen molar-refractivity contribution in [2.24, 2.45) is 0 Å². The molecule has 0 aliphatic carbocycles. The quantitative estimate of drug-likeness (QED) is 0.470. The standard InChI is InChI=1S/C25H27F2N3O2/c1-5-6-19(25(31)29-17(3)21-9-8-20(26)13-22(21)27)11-18-7-10-23(24(12-18)32-4)30-14-16(2)28-15-30/h7-15,17H,5-6H2,1-4H3,(H,29,31). The van der Waals surface area contributed by atoms with E-state index in [-0.39, 0.29) is 11.5 Å². The van der Waals surface area contributed by atoms with Gasteiger partial charge in [0.2, 0.25) is 5.91 Å². The molecule has 0 bridgehead atoms. The van der Waals surface area contributed by atoms with Gasteiger partial charge in [-0.3, -0.25) is 4.79 Å². The lowest BCUT2D eigenvalue weighted by Crippen LogP contribution is -2.28. The van der Waals surface area contributed by atoms with E-state index in [1.54, 1.807) is 26.4 Å². The first-order chi connectivity index (χ1) is 15.3. The van der Waals surface area contributed by atoms with E-state index in [2.05, 4.69) is 10.3 Å². The van der Waals surface area contributed by atoms with Crippen LogP contribution < -0.4 is 10.1 Å². The van der Waals surface area contributed by atoms with Crippen LogP contribution >= 0.6 is 0 Å². The number of hydrogen-bond acceptors (Lipinski definition) is 3. The molecule has 168 valence electrons. The highest BCUT2D eigenvalue weighted by Gasteiger charge is 2.17. The summed E-state index contributed by atoms with van der Waals surface area (Å²) in [4.78, 5) is 17.2. The van der Waals surface area contributed by atoms with Crippen LogP contribution in [-0.2, 0) is 4.79 Å². The topological polar surface area (TPSA) is 56.2 Å². The molecule has 0 aliphatic heterocycles. The Balaban J connectivity index is 1.85. The van der Waals surface area contributed by atoms with Crippen LogP contribution in [0.5, 0.6) is 5.75 Å². The molecule has 0 radical (unpaired) electrons. The molecule has 3 rings (SSSR count). The van der Waals surface area contributed by atoms with Gasteiger partial charge in [-0.1, -0.05) is 25.5 Å². The minimum atomic E-state index is -0.686. The van der Waals surface area contributed by atoms with Gasteiger partial charge in [-0.05, 0) is 50.1 Å². The molecule has 1 heterocycles. The summed E-state index contributed by atoms with van der Waals surface area (Å²) in [6.45, 7) is 5.56. The summed E-state index contributed by atoms with van der Waals surface area (Å²) in [6, 6.07) is 8.40. The second-order valence-electron chi connectivity index (χ2n) is 7.63. The predicted octanol–water partition coefficient (Wildman–Crippen LogP) is 5.53.